The summed E-state index contributed by atoms with van der Waals surface area (Å²) in [5.41, 5.74) is 2.46. The monoisotopic (exact) mass is 361 g/mol. The van der Waals surface area contributed by atoms with E-state index in [1.807, 2.05) is 12.1 Å². The minimum Gasteiger partial charge on any atom is -0.465 e. The summed E-state index contributed by atoms with van der Waals surface area (Å²) in [6, 6.07) is 11.6. The van der Waals surface area contributed by atoms with Crippen LogP contribution in [0.1, 0.15) is 47.7 Å². The molecule has 0 aliphatic carbocycles. The molecule has 0 spiro atoms. The molecule has 6 heteroatoms. The van der Waals surface area contributed by atoms with Crippen LogP contribution in [0.2, 0.25) is 0 Å². The first-order chi connectivity index (χ1) is 11.8. The van der Waals surface area contributed by atoms with Crippen molar-refractivity contribution >= 4 is 21.7 Å². The molecule has 134 valence electrons. The molecule has 2 aromatic rings. The highest BCUT2D eigenvalue weighted by molar-refractivity contribution is 7.92. The van der Waals surface area contributed by atoms with Gasteiger partial charge >= 0.3 is 5.97 Å². The summed E-state index contributed by atoms with van der Waals surface area (Å²) < 4.78 is 32.5. The molecular weight excluding hydrogens is 338 g/mol. The van der Waals surface area contributed by atoms with E-state index in [2.05, 4.69) is 23.3 Å². The number of hydrogen-bond donors (Lipinski definition) is 1. The van der Waals surface area contributed by atoms with Crippen molar-refractivity contribution in [1.29, 1.82) is 0 Å². The highest BCUT2D eigenvalue weighted by atomic mass is 32.2. The lowest BCUT2D eigenvalue weighted by Crippen LogP contribution is -2.14. The molecule has 1 atom stereocenters. The Morgan fingerprint density at radius 2 is 1.80 bits per heavy atom. The maximum atomic E-state index is 12.6. The lowest BCUT2D eigenvalue weighted by atomic mass is 9.99. The van der Waals surface area contributed by atoms with E-state index < -0.39 is 16.0 Å². The first-order valence-electron chi connectivity index (χ1n) is 8.10. The Balaban J connectivity index is 2.31. The molecule has 0 bridgehead atoms. The molecule has 0 aliphatic heterocycles. The third-order valence-electron chi connectivity index (χ3n) is 4.27. The van der Waals surface area contributed by atoms with E-state index in [-0.39, 0.29) is 10.5 Å². The zero-order valence-electron chi connectivity index (χ0n) is 14.9. The highest BCUT2D eigenvalue weighted by Crippen LogP contribution is 2.24. The van der Waals surface area contributed by atoms with Gasteiger partial charge in [0.25, 0.3) is 10.0 Å². The second kappa shape index (κ2) is 7.70. The number of anilines is 1. The average Bonchev–Trinajstić information content (AvgIpc) is 2.62. The summed E-state index contributed by atoms with van der Waals surface area (Å²) in [4.78, 5) is 11.8. The molecule has 2 rings (SSSR count). The Kier molecular flexibility index (Phi) is 5.85. The van der Waals surface area contributed by atoms with Crippen molar-refractivity contribution in [3.63, 3.8) is 0 Å². The van der Waals surface area contributed by atoms with Crippen LogP contribution in [0.3, 0.4) is 0 Å². The number of esters is 1. The van der Waals surface area contributed by atoms with E-state index >= 15 is 0 Å². The van der Waals surface area contributed by atoms with Crippen LogP contribution in [0, 0.1) is 6.92 Å². The maximum absolute atomic E-state index is 12.6. The second-order valence-electron chi connectivity index (χ2n) is 6.01. The predicted molar refractivity (Wildman–Crippen MR) is 98.5 cm³/mol. The number of methoxy groups -OCH3 is 1. The van der Waals surface area contributed by atoms with Gasteiger partial charge in [-0.3, -0.25) is 4.72 Å². The first kappa shape index (κ1) is 19.0. The summed E-state index contributed by atoms with van der Waals surface area (Å²) in [7, 11) is -2.45. The van der Waals surface area contributed by atoms with E-state index in [1.165, 1.54) is 13.2 Å². The second-order valence-corrected chi connectivity index (χ2v) is 7.69. The van der Waals surface area contributed by atoms with Gasteiger partial charge in [-0.2, -0.15) is 0 Å². The van der Waals surface area contributed by atoms with Crippen LogP contribution in [0.25, 0.3) is 0 Å². The van der Waals surface area contributed by atoms with E-state index in [9.17, 15) is 13.2 Å². The summed E-state index contributed by atoms with van der Waals surface area (Å²) >= 11 is 0. The van der Waals surface area contributed by atoms with Crippen molar-refractivity contribution < 1.29 is 17.9 Å². The van der Waals surface area contributed by atoms with Crippen LogP contribution in [0.15, 0.2) is 47.4 Å². The van der Waals surface area contributed by atoms with E-state index in [4.69, 9.17) is 0 Å². The lowest BCUT2D eigenvalue weighted by Gasteiger charge is -2.13. The standard InChI is InChI=1S/C19H23NO4S/c1-5-13(2)15-8-10-17(11-9-15)25(22,23)20-18-12-16(19(21)24-4)7-6-14(18)3/h6-13,20H,5H2,1-4H3/t13-/m1/s1. The third kappa shape index (κ3) is 4.39. The average molecular weight is 361 g/mol. The first-order valence-corrected chi connectivity index (χ1v) is 9.58. The van der Waals surface area contributed by atoms with Crippen molar-refractivity contribution in [1.82, 2.24) is 0 Å². The van der Waals surface area contributed by atoms with Gasteiger partial charge < -0.3 is 4.74 Å². The number of benzene rings is 2. The Bertz CT molecular complexity index is 857. The van der Waals surface area contributed by atoms with Crippen molar-refractivity contribution in [2.45, 2.75) is 38.0 Å². The number of carbonyl (C=O) groups is 1. The molecule has 0 amide bonds. The Labute approximate surface area is 149 Å². The minimum absolute atomic E-state index is 0.183. The van der Waals surface area contributed by atoms with Crippen LogP contribution in [-0.4, -0.2) is 21.5 Å². The zero-order valence-corrected chi connectivity index (χ0v) is 15.7. The molecule has 0 saturated carbocycles. The lowest BCUT2D eigenvalue weighted by molar-refractivity contribution is 0.0601. The number of hydrogen-bond acceptors (Lipinski definition) is 4. The van der Waals surface area contributed by atoms with Gasteiger partial charge in [-0.05, 0) is 54.7 Å². The van der Waals surface area contributed by atoms with Gasteiger partial charge in [-0.1, -0.05) is 32.0 Å². The Hall–Kier alpha value is -2.34. The Morgan fingerprint density at radius 3 is 2.36 bits per heavy atom. The highest BCUT2D eigenvalue weighted by Gasteiger charge is 2.17. The fourth-order valence-corrected chi connectivity index (χ4v) is 3.51. The number of ether oxygens (including phenoxy) is 1. The van der Waals surface area contributed by atoms with Crippen molar-refractivity contribution in [2.24, 2.45) is 0 Å². The number of rotatable bonds is 6. The normalized spacial score (nSPS) is 12.5. The van der Waals surface area contributed by atoms with E-state index in [0.717, 1.165) is 12.0 Å². The van der Waals surface area contributed by atoms with Crippen LogP contribution in [0.5, 0.6) is 0 Å². The van der Waals surface area contributed by atoms with E-state index in [0.29, 0.717) is 17.2 Å². The van der Waals surface area contributed by atoms with Crippen LogP contribution < -0.4 is 4.72 Å². The quantitative estimate of drug-likeness (QED) is 0.786. The van der Waals surface area contributed by atoms with Gasteiger partial charge in [0.1, 0.15) is 0 Å². The largest absolute Gasteiger partial charge is 0.465 e. The predicted octanol–water partition coefficient (Wildman–Crippen LogP) is 4.10. The van der Waals surface area contributed by atoms with Crippen molar-refractivity contribution in [3.8, 4) is 0 Å². The fraction of sp³-hybridized carbons (Fsp3) is 0.316. The molecular formula is C19H23NO4S. The molecule has 0 fully saturated rings. The molecule has 25 heavy (non-hydrogen) atoms. The van der Waals surface area contributed by atoms with Crippen molar-refractivity contribution in [3.05, 3.63) is 59.2 Å². The summed E-state index contributed by atoms with van der Waals surface area (Å²) in [5, 5.41) is 0. The molecule has 1 N–H and O–H groups in total. The summed E-state index contributed by atoms with van der Waals surface area (Å²) in [5.74, 6) is -0.137. The SMILES string of the molecule is CC[C@@H](C)c1ccc(S(=O)(=O)Nc2cc(C(=O)OC)ccc2C)cc1. The number of sulfonamides is 1. The topological polar surface area (TPSA) is 72.5 Å². The van der Waals surface area contributed by atoms with Crippen LogP contribution in [-0.2, 0) is 14.8 Å². The van der Waals surface area contributed by atoms with Crippen LogP contribution in [0.4, 0.5) is 5.69 Å². The van der Waals surface area contributed by atoms with Crippen LogP contribution >= 0.6 is 0 Å². The Morgan fingerprint density at radius 1 is 1.16 bits per heavy atom. The minimum atomic E-state index is -3.74. The summed E-state index contributed by atoms with van der Waals surface area (Å²) in [6.45, 7) is 5.96. The van der Waals surface area contributed by atoms with Crippen molar-refractivity contribution in [2.75, 3.05) is 11.8 Å². The molecule has 2 aromatic carbocycles. The van der Waals surface area contributed by atoms with Gasteiger partial charge in [0, 0.05) is 0 Å². The molecule has 0 radical (unpaired) electrons. The summed E-state index contributed by atoms with van der Waals surface area (Å²) in [6.07, 6.45) is 0.990. The van der Waals surface area contributed by atoms with E-state index in [1.54, 1.807) is 31.2 Å². The number of carbonyl (C=O) groups excluding carboxylic acids is 1. The van der Waals surface area contributed by atoms with Gasteiger partial charge in [-0.25, -0.2) is 13.2 Å². The fourth-order valence-electron chi connectivity index (χ4n) is 2.39. The van der Waals surface area contributed by atoms with Gasteiger partial charge in [-0.15, -0.1) is 0 Å². The van der Waals surface area contributed by atoms with Gasteiger partial charge in [0.15, 0.2) is 0 Å². The smallest absolute Gasteiger partial charge is 0.337 e. The van der Waals surface area contributed by atoms with Gasteiger partial charge in [0.05, 0.1) is 23.3 Å². The molecule has 5 nitrogen and oxygen atoms in total. The zero-order chi connectivity index (χ0) is 18.6. The molecule has 0 aliphatic rings. The number of aryl methyl sites for hydroxylation is 1. The third-order valence-corrected chi connectivity index (χ3v) is 5.66. The molecule has 0 saturated heterocycles. The van der Waals surface area contributed by atoms with Gasteiger partial charge in [0.2, 0.25) is 0 Å². The molecule has 0 heterocycles. The maximum Gasteiger partial charge on any atom is 0.337 e. The number of nitrogens with one attached hydrogen (secondary N) is 1. The molecule has 0 unspecified atom stereocenters. The molecule has 0 aromatic heterocycles.